The van der Waals surface area contributed by atoms with Gasteiger partial charge in [-0.15, -0.1) is 0 Å². The number of allylic oxidation sites excluding steroid dienone is 3. The predicted octanol–water partition coefficient (Wildman–Crippen LogP) is 6.87. The lowest BCUT2D eigenvalue weighted by Gasteiger charge is -2.28. The molecule has 0 amide bonds. The molecule has 5 nitrogen and oxygen atoms in total. The van der Waals surface area contributed by atoms with Gasteiger partial charge in [-0.3, -0.25) is 0 Å². The molecule has 0 heterocycles. The van der Waals surface area contributed by atoms with Gasteiger partial charge in [0.25, 0.3) is 0 Å². The van der Waals surface area contributed by atoms with Crippen LogP contribution in [0.2, 0.25) is 0 Å². The largest absolute Gasteiger partial charge is 0.462 e. The molecule has 0 spiro atoms. The van der Waals surface area contributed by atoms with E-state index in [0.717, 1.165) is 29.7 Å². The summed E-state index contributed by atoms with van der Waals surface area (Å²) in [5.74, 6) is -0.810. The van der Waals surface area contributed by atoms with E-state index in [1.807, 2.05) is 6.08 Å². The predicted molar refractivity (Wildman–Crippen MR) is 145 cm³/mol. The Hall–Kier alpha value is -3.34. The summed E-state index contributed by atoms with van der Waals surface area (Å²) in [7, 11) is 0. The van der Waals surface area contributed by atoms with Crippen molar-refractivity contribution in [1.82, 2.24) is 0 Å². The van der Waals surface area contributed by atoms with Gasteiger partial charge in [-0.05, 0) is 37.5 Å². The maximum Gasteiger partial charge on any atom is 0.330 e. The van der Waals surface area contributed by atoms with E-state index in [0.29, 0.717) is 32.1 Å². The Morgan fingerprint density at radius 3 is 2.26 bits per heavy atom. The number of benzene rings is 1. The first kappa shape index (κ1) is 29.7. The van der Waals surface area contributed by atoms with E-state index in [2.05, 4.69) is 75.0 Å². The van der Waals surface area contributed by atoms with Crippen molar-refractivity contribution in [2.24, 2.45) is 0 Å². The van der Waals surface area contributed by atoms with Gasteiger partial charge in [0, 0.05) is 42.9 Å². The van der Waals surface area contributed by atoms with Gasteiger partial charge in [0.2, 0.25) is 0 Å². The van der Waals surface area contributed by atoms with Gasteiger partial charge in [-0.25, -0.2) is 9.59 Å². The number of hydrogen-bond donors (Lipinski definition) is 0. The van der Waals surface area contributed by atoms with Gasteiger partial charge in [-0.2, -0.15) is 0 Å². The Kier molecular flexibility index (Phi) is 15.3. The number of anilines is 1. The van der Waals surface area contributed by atoms with E-state index >= 15 is 0 Å². The quantitative estimate of drug-likeness (QED) is 0.0995. The first-order valence-corrected chi connectivity index (χ1v) is 12.4. The van der Waals surface area contributed by atoms with Crippen LogP contribution in [0.4, 0.5) is 5.69 Å². The van der Waals surface area contributed by atoms with Crippen LogP contribution in [0.3, 0.4) is 0 Å². The van der Waals surface area contributed by atoms with E-state index in [-0.39, 0.29) is 0 Å². The third-order valence-corrected chi connectivity index (χ3v) is 5.57. The van der Waals surface area contributed by atoms with Gasteiger partial charge >= 0.3 is 11.9 Å². The molecule has 35 heavy (non-hydrogen) atoms. The normalized spacial score (nSPS) is 12.1. The molecule has 1 unspecified atom stereocenters. The fraction of sp³-hybridized carbons (Fsp3) is 0.400. The molecule has 0 aliphatic rings. The van der Waals surface area contributed by atoms with E-state index in [1.165, 1.54) is 31.4 Å². The molecular weight excluding hydrogens is 438 g/mol. The van der Waals surface area contributed by atoms with Crippen LogP contribution in [-0.2, 0) is 25.5 Å². The van der Waals surface area contributed by atoms with E-state index in [9.17, 15) is 9.59 Å². The maximum absolute atomic E-state index is 11.3. The van der Waals surface area contributed by atoms with E-state index < -0.39 is 11.9 Å². The standard InChI is InChI=1S/C30H41NO4/c1-6-10-11-14-25(5)31(22-12-15-26(13-7-2)20-23-34-29(32)8-3)28-18-16-27(17-19-28)21-24-35-30(33)9-4/h7-9,12-13,16-19,22,25H,2-4,6,10-11,14-15,20-21,23-24H2,1,5H3/b22-12-,26-13+. The van der Waals surface area contributed by atoms with Gasteiger partial charge < -0.3 is 14.4 Å². The monoisotopic (exact) mass is 479 g/mol. The molecular formula is C30H41NO4. The number of carbonyl (C=O) groups excluding carboxylic acids is 2. The van der Waals surface area contributed by atoms with Crippen molar-refractivity contribution in [3.05, 3.63) is 91.7 Å². The molecule has 0 saturated heterocycles. The minimum Gasteiger partial charge on any atom is -0.462 e. The molecule has 0 saturated carbocycles. The summed E-state index contributed by atoms with van der Waals surface area (Å²) in [5.41, 5.74) is 3.36. The Morgan fingerprint density at radius 1 is 1.00 bits per heavy atom. The molecule has 190 valence electrons. The van der Waals surface area contributed by atoms with Crippen molar-refractivity contribution in [1.29, 1.82) is 0 Å². The Balaban J connectivity index is 2.88. The zero-order valence-electron chi connectivity index (χ0n) is 21.4. The number of carbonyl (C=O) groups is 2. The lowest BCUT2D eigenvalue weighted by Crippen LogP contribution is -2.27. The van der Waals surface area contributed by atoms with Crippen LogP contribution in [0.25, 0.3) is 0 Å². The second-order valence-electron chi connectivity index (χ2n) is 8.31. The third kappa shape index (κ3) is 12.6. The van der Waals surface area contributed by atoms with Crippen molar-refractivity contribution >= 4 is 17.6 Å². The molecule has 1 aromatic carbocycles. The number of ether oxygens (including phenoxy) is 2. The van der Waals surface area contributed by atoms with E-state index in [1.54, 1.807) is 6.08 Å². The smallest absolute Gasteiger partial charge is 0.330 e. The van der Waals surface area contributed by atoms with Gasteiger partial charge in [0.15, 0.2) is 0 Å². The van der Waals surface area contributed by atoms with Crippen molar-refractivity contribution in [2.75, 3.05) is 18.1 Å². The number of nitrogens with zero attached hydrogens (tertiary/aromatic N) is 1. The minimum absolute atomic E-state index is 0.319. The number of unbranched alkanes of at least 4 members (excludes halogenated alkanes) is 2. The number of esters is 2. The second kappa shape index (κ2) is 18.0. The zero-order chi connectivity index (χ0) is 25.9. The summed E-state index contributed by atoms with van der Waals surface area (Å²) in [6, 6.07) is 8.72. The highest BCUT2D eigenvalue weighted by atomic mass is 16.5. The summed E-state index contributed by atoms with van der Waals surface area (Å²) in [4.78, 5) is 24.8. The molecule has 0 N–H and O–H groups in total. The van der Waals surface area contributed by atoms with Crippen molar-refractivity contribution in [2.45, 2.75) is 64.8 Å². The molecule has 1 atom stereocenters. The van der Waals surface area contributed by atoms with Crippen molar-refractivity contribution in [3.63, 3.8) is 0 Å². The van der Waals surface area contributed by atoms with Crippen molar-refractivity contribution in [3.8, 4) is 0 Å². The molecule has 0 bridgehead atoms. The highest BCUT2D eigenvalue weighted by Crippen LogP contribution is 2.22. The van der Waals surface area contributed by atoms with E-state index in [4.69, 9.17) is 9.47 Å². The first-order chi connectivity index (χ1) is 16.9. The first-order valence-electron chi connectivity index (χ1n) is 12.4. The minimum atomic E-state index is -0.409. The van der Waals surface area contributed by atoms with Crippen molar-refractivity contribution < 1.29 is 19.1 Å². The number of hydrogen-bond acceptors (Lipinski definition) is 5. The average molecular weight is 480 g/mol. The summed E-state index contributed by atoms with van der Waals surface area (Å²) in [6.45, 7) is 15.7. The molecule has 0 aliphatic heterocycles. The Bertz CT molecular complexity index is 867. The van der Waals surface area contributed by atoms with Crippen LogP contribution < -0.4 is 4.90 Å². The van der Waals surface area contributed by atoms with Crippen LogP contribution in [0.1, 0.15) is 57.9 Å². The lowest BCUT2D eigenvalue weighted by atomic mass is 10.1. The van der Waals surface area contributed by atoms with Crippen LogP contribution in [0.5, 0.6) is 0 Å². The lowest BCUT2D eigenvalue weighted by molar-refractivity contribution is -0.138. The Labute approximate surface area is 211 Å². The number of rotatable bonds is 18. The highest BCUT2D eigenvalue weighted by molar-refractivity contribution is 5.81. The van der Waals surface area contributed by atoms with Gasteiger partial charge in [0.1, 0.15) is 0 Å². The summed E-state index contributed by atoms with van der Waals surface area (Å²) < 4.78 is 10.2. The summed E-state index contributed by atoms with van der Waals surface area (Å²) >= 11 is 0. The average Bonchev–Trinajstić information content (AvgIpc) is 2.86. The van der Waals surface area contributed by atoms with Crippen LogP contribution in [0.15, 0.2) is 86.2 Å². The molecule has 0 aromatic heterocycles. The summed E-state index contributed by atoms with van der Waals surface area (Å²) in [5, 5.41) is 0. The molecule has 0 fully saturated rings. The topological polar surface area (TPSA) is 55.8 Å². The molecule has 1 aromatic rings. The Morgan fingerprint density at radius 2 is 1.66 bits per heavy atom. The fourth-order valence-electron chi connectivity index (χ4n) is 3.56. The second-order valence-corrected chi connectivity index (χ2v) is 8.31. The van der Waals surface area contributed by atoms with Gasteiger partial charge in [-0.1, -0.05) is 81.9 Å². The SMILES string of the molecule is C=C/C=C(\C/C=C\N(c1ccc(CCOC(=O)C=C)cc1)C(C)CCCCC)CCOC(=O)C=C. The third-order valence-electron chi connectivity index (χ3n) is 5.57. The van der Waals surface area contributed by atoms with Crippen LogP contribution >= 0.6 is 0 Å². The highest BCUT2D eigenvalue weighted by Gasteiger charge is 2.12. The fourth-order valence-corrected chi connectivity index (χ4v) is 3.56. The van der Waals surface area contributed by atoms with Crippen LogP contribution in [0, 0.1) is 0 Å². The van der Waals surface area contributed by atoms with Gasteiger partial charge in [0.05, 0.1) is 13.2 Å². The zero-order valence-corrected chi connectivity index (χ0v) is 21.4. The molecule has 0 aliphatic carbocycles. The molecule has 5 heteroatoms. The van der Waals surface area contributed by atoms with Crippen LogP contribution in [-0.4, -0.2) is 31.2 Å². The summed E-state index contributed by atoms with van der Waals surface area (Å²) in [6.07, 6.45) is 17.1. The molecule has 1 rings (SSSR count). The molecule has 0 radical (unpaired) electrons. The maximum atomic E-state index is 11.3.